The van der Waals surface area contributed by atoms with Crippen molar-refractivity contribution < 1.29 is 9.53 Å². The van der Waals surface area contributed by atoms with Gasteiger partial charge in [-0.1, -0.05) is 18.2 Å². The number of carbonyl (C=O) groups excluding carboxylic acids is 1. The van der Waals surface area contributed by atoms with Gasteiger partial charge < -0.3 is 9.30 Å². The van der Waals surface area contributed by atoms with Crippen molar-refractivity contribution in [1.29, 1.82) is 5.26 Å². The number of nitrogens with one attached hydrogen (secondary N) is 1. The summed E-state index contributed by atoms with van der Waals surface area (Å²) in [5, 5.41) is 14.6. The number of aromatic nitrogens is 1. The Balaban J connectivity index is 2.15. The third kappa shape index (κ3) is 1.83. The van der Waals surface area contributed by atoms with E-state index in [0.29, 0.717) is 12.0 Å². The van der Waals surface area contributed by atoms with Gasteiger partial charge in [-0.15, -0.1) is 0 Å². The van der Waals surface area contributed by atoms with Crippen LogP contribution in [0.1, 0.15) is 37.2 Å². The smallest absolute Gasteiger partial charge is 0.319 e. The van der Waals surface area contributed by atoms with Crippen LogP contribution in [0.15, 0.2) is 29.8 Å². The van der Waals surface area contributed by atoms with E-state index in [-0.39, 0.29) is 12.1 Å². The molecule has 2 aliphatic rings. The Labute approximate surface area is 146 Å². The predicted molar refractivity (Wildman–Crippen MR) is 95.6 cm³/mol. The number of fused-ring (bicyclic) bond motifs is 5. The van der Waals surface area contributed by atoms with Gasteiger partial charge in [-0.25, -0.2) is 0 Å². The first-order valence-electron chi connectivity index (χ1n) is 8.61. The number of nitriles is 1. The highest BCUT2D eigenvalue weighted by atomic mass is 16.5. The van der Waals surface area contributed by atoms with Crippen molar-refractivity contribution in [2.45, 2.75) is 32.9 Å². The van der Waals surface area contributed by atoms with Crippen LogP contribution in [0, 0.1) is 23.7 Å². The van der Waals surface area contributed by atoms with E-state index in [4.69, 9.17) is 4.74 Å². The molecule has 0 amide bonds. The molecule has 1 aromatic carbocycles. The minimum absolute atomic E-state index is 0.237. The fourth-order valence-electron chi connectivity index (χ4n) is 4.71. The normalized spacial score (nSPS) is 25.3. The minimum Gasteiger partial charge on any atom is -0.468 e. The monoisotopic (exact) mass is 335 g/mol. The molecule has 1 fully saturated rings. The van der Waals surface area contributed by atoms with Crippen LogP contribution < -0.4 is 5.32 Å². The van der Waals surface area contributed by atoms with E-state index in [0.717, 1.165) is 40.7 Å². The van der Waals surface area contributed by atoms with Crippen LogP contribution in [-0.4, -0.2) is 24.2 Å². The Bertz CT molecular complexity index is 963. The van der Waals surface area contributed by atoms with Gasteiger partial charge in [-0.2, -0.15) is 5.26 Å². The molecule has 2 atom stereocenters. The number of esters is 1. The van der Waals surface area contributed by atoms with Gasteiger partial charge in [0.2, 0.25) is 0 Å². The van der Waals surface area contributed by atoms with E-state index in [1.165, 1.54) is 7.11 Å². The third-order valence-corrected chi connectivity index (χ3v) is 5.92. The number of nitrogens with zero attached hydrogens (tertiary/aromatic N) is 2. The van der Waals surface area contributed by atoms with Gasteiger partial charge in [-0.05, 0) is 50.4 Å². The van der Waals surface area contributed by atoms with Crippen LogP contribution in [0.5, 0.6) is 0 Å². The first kappa shape index (κ1) is 15.9. The third-order valence-electron chi connectivity index (χ3n) is 5.92. The number of hydrogen-bond acceptors (Lipinski definition) is 4. The Morgan fingerprint density at radius 1 is 1.40 bits per heavy atom. The highest BCUT2D eigenvalue weighted by Gasteiger charge is 2.55. The number of para-hydroxylation sites is 1. The molecule has 4 rings (SSSR count). The molecule has 0 aliphatic carbocycles. The van der Waals surface area contributed by atoms with E-state index in [1.54, 1.807) is 0 Å². The molecule has 5 heteroatoms. The van der Waals surface area contributed by atoms with Crippen molar-refractivity contribution >= 4 is 22.4 Å². The number of methoxy groups -OCH3 is 1. The van der Waals surface area contributed by atoms with Crippen LogP contribution in [0.4, 0.5) is 0 Å². The van der Waals surface area contributed by atoms with E-state index < -0.39 is 5.41 Å². The molecule has 0 radical (unpaired) electrons. The lowest BCUT2D eigenvalue weighted by Gasteiger charge is -2.47. The molecule has 2 aliphatic heterocycles. The number of ether oxygens (including phenoxy) is 1. The van der Waals surface area contributed by atoms with Gasteiger partial charge in [-0.3, -0.25) is 10.1 Å². The lowest BCUT2D eigenvalue weighted by Crippen LogP contribution is -2.54. The maximum Gasteiger partial charge on any atom is 0.319 e. The fraction of sp³-hybridized carbons (Fsp3) is 0.400. The number of allylic oxidation sites excluding steroid dienone is 1. The standard InChI is InChI=1S/C20H21N3O2/c1-12-14-7-4-5-8-16(14)23-17(12)15(11-21)13(2)20(19(24)25-3)9-6-10-22-18(20)23/h4-5,7-8,18,22H,6,9-10H2,1-3H3/t18-,20-/m1/s1. The van der Waals surface area contributed by atoms with Gasteiger partial charge in [0.05, 0.1) is 23.9 Å². The van der Waals surface area contributed by atoms with Crippen molar-refractivity contribution in [2.75, 3.05) is 13.7 Å². The lowest BCUT2D eigenvalue weighted by atomic mass is 9.68. The van der Waals surface area contributed by atoms with Crippen molar-refractivity contribution in [3.63, 3.8) is 0 Å². The van der Waals surface area contributed by atoms with Crippen molar-refractivity contribution in [2.24, 2.45) is 5.41 Å². The first-order valence-corrected chi connectivity index (χ1v) is 8.61. The molecule has 1 aromatic heterocycles. The molecule has 0 saturated carbocycles. The fourth-order valence-corrected chi connectivity index (χ4v) is 4.71. The molecular weight excluding hydrogens is 314 g/mol. The van der Waals surface area contributed by atoms with Crippen molar-refractivity contribution in [3.05, 3.63) is 41.1 Å². The predicted octanol–water partition coefficient (Wildman–Crippen LogP) is 3.30. The number of piperidine rings is 1. The van der Waals surface area contributed by atoms with E-state index in [1.807, 2.05) is 26.0 Å². The molecule has 0 bridgehead atoms. The maximum atomic E-state index is 12.9. The lowest BCUT2D eigenvalue weighted by molar-refractivity contribution is -0.155. The summed E-state index contributed by atoms with van der Waals surface area (Å²) >= 11 is 0. The molecule has 5 nitrogen and oxygen atoms in total. The molecule has 25 heavy (non-hydrogen) atoms. The number of carbonyl (C=O) groups is 1. The Morgan fingerprint density at radius 2 is 2.16 bits per heavy atom. The molecule has 1 saturated heterocycles. The number of aryl methyl sites for hydroxylation is 1. The first-order chi connectivity index (χ1) is 12.1. The number of rotatable bonds is 1. The van der Waals surface area contributed by atoms with Gasteiger partial charge in [0.15, 0.2) is 0 Å². The number of benzene rings is 1. The highest BCUT2D eigenvalue weighted by molar-refractivity contribution is 5.97. The zero-order valence-corrected chi connectivity index (χ0v) is 14.7. The molecule has 0 spiro atoms. The molecule has 3 heterocycles. The highest BCUT2D eigenvalue weighted by Crippen LogP contribution is 2.53. The average Bonchev–Trinajstić information content (AvgIpc) is 2.95. The molecule has 0 unspecified atom stereocenters. The molecule has 128 valence electrons. The maximum absolute atomic E-state index is 12.9. The molecule has 1 N–H and O–H groups in total. The summed E-state index contributed by atoms with van der Waals surface area (Å²) in [4.78, 5) is 12.9. The summed E-state index contributed by atoms with van der Waals surface area (Å²) in [6.45, 7) is 4.80. The van der Waals surface area contributed by atoms with Crippen molar-refractivity contribution in [1.82, 2.24) is 9.88 Å². The second-order valence-electron chi connectivity index (χ2n) is 6.90. The second-order valence-corrected chi connectivity index (χ2v) is 6.90. The van der Waals surface area contributed by atoms with Gasteiger partial charge in [0, 0.05) is 5.39 Å². The molecule has 2 aromatic rings. The Morgan fingerprint density at radius 3 is 2.88 bits per heavy atom. The Hall–Kier alpha value is -2.58. The largest absolute Gasteiger partial charge is 0.468 e. The van der Waals surface area contributed by atoms with Crippen LogP contribution in [0.2, 0.25) is 0 Å². The van der Waals surface area contributed by atoms with Crippen LogP contribution in [0.25, 0.3) is 16.5 Å². The molecular formula is C20H21N3O2. The van der Waals surface area contributed by atoms with Gasteiger partial charge in [0.1, 0.15) is 17.6 Å². The minimum atomic E-state index is -0.834. The van der Waals surface area contributed by atoms with Gasteiger partial charge in [0.25, 0.3) is 0 Å². The van der Waals surface area contributed by atoms with Crippen LogP contribution in [-0.2, 0) is 9.53 Å². The summed E-state index contributed by atoms with van der Waals surface area (Å²) in [5.74, 6) is -0.268. The SMILES string of the molecule is COC(=O)[C@@]12CCCN[C@@H]1n1c(c(C)c3ccccc31)C(C#N)=C2C. The Kier molecular flexibility index (Phi) is 3.48. The average molecular weight is 335 g/mol. The second kappa shape index (κ2) is 5.47. The van der Waals surface area contributed by atoms with E-state index in [9.17, 15) is 10.1 Å². The zero-order chi connectivity index (χ0) is 17.8. The van der Waals surface area contributed by atoms with Crippen molar-refractivity contribution in [3.8, 4) is 6.07 Å². The van der Waals surface area contributed by atoms with Crippen LogP contribution in [0.3, 0.4) is 0 Å². The van der Waals surface area contributed by atoms with Gasteiger partial charge >= 0.3 is 5.97 Å². The quantitative estimate of drug-likeness (QED) is 0.812. The van der Waals surface area contributed by atoms with Crippen LogP contribution >= 0.6 is 0 Å². The zero-order valence-electron chi connectivity index (χ0n) is 14.7. The summed E-state index contributed by atoms with van der Waals surface area (Å²) in [7, 11) is 1.43. The summed E-state index contributed by atoms with van der Waals surface area (Å²) in [6.07, 6.45) is 1.31. The topological polar surface area (TPSA) is 67.0 Å². The van der Waals surface area contributed by atoms with E-state index >= 15 is 0 Å². The summed E-state index contributed by atoms with van der Waals surface area (Å²) < 4.78 is 7.36. The summed E-state index contributed by atoms with van der Waals surface area (Å²) in [6, 6.07) is 10.5. The summed E-state index contributed by atoms with van der Waals surface area (Å²) in [5.41, 5.74) is 3.62. The number of hydrogen-bond donors (Lipinski definition) is 1. The van der Waals surface area contributed by atoms with E-state index in [2.05, 4.69) is 28.1 Å².